The average molecular weight is 322 g/mol. The molecule has 1 atom stereocenters. The summed E-state index contributed by atoms with van der Waals surface area (Å²) in [6.07, 6.45) is 0. The van der Waals surface area contributed by atoms with Crippen molar-refractivity contribution in [1.82, 2.24) is 0 Å². The van der Waals surface area contributed by atoms with E-state index in [1.807, 2.05) is 13.8 Å². The molecule has 0 aliphatic heterocycles. The maximum absolute atomic E-state index is 11.1. The molecule has 112 valence electrons. The molecule has 0 saturated heterocycles. The molecule has 8 heteroatoms. The fraction of sp³-hybridized carbons (Fsp3) is 0.500. The number of hydrogen-bond donors (Lipinski definition) is 0. The summed E-state index contributed by atoms with van der Waals surface area (Å²) >= 11 is 0. The van der Waals surface area contributed by atoms with Crippen molar-refractivity contribution in [1.29, 1.82) is 0 Å². The Hall–Kier alpha value is -1.34. The van der Waals surface area contributed by atoms with Crippen molar-refractivity contribution < 1.29 is 18.1 Å². The van der Waals surface area contributed by atoms with Gasteiger partial charge in [0.25, 0.3) is 5.69 Å². The van der Waals surface area contributed by atoms with E-state index in [0.29, 0.717) is 5.75 Å². The van der Waals surface area contributed by atoms with E-state index < -0.39 is 14.0 Å². The summed E-state index contributed by atoms with van der Waals surface area (Å²) in [6, 6.07) is 5.75. The van der Waals surface area contributed by atoms with Gasteiger partial charge in [0, 0.05) is 22.7 Å². The van der Waals surface area contributed by atoms with Crippen LogP contribution in [0.1, 0.15) is 13.8 Å². The minimum absolute atomic E-state index is 0.0576. The van der Waals surface area contributed by atoms with Gasteiger partial charge in [-0.2, -0.15) is 0 Å². The first-order chi connectivity index (χ1) is 9.19. The van der Waals surface area contributed by atoms with Crippen molar-refractivity contribution in [2.45, 2.75) is 13.8 Å². The van der Waals surface area contributed by atoms with Crippen LogP contribution in [-0.2, 0) is 9.05 Å². The van der Waals surface area contributed by atoms with Gasteiger partial charge >= 0.3 is 0 Å². The molecule has 6 nitrogen and oxygen atoms in total. The highest BCUT2D eigenvalue weighted by molar-refractivity contribution is 8.13. The second-order valence-electron chi connectivity index (χ2n) is 4.78. The molecular formula is C12H16ClNO5S. The Morgan fingerprint density at radius 2 is 2.05 bits per heavy atom. The number of non-ortho nitro benzene ring substituents is 1. The van der Waals surface area contributed by atoms with Gasteiger partial charge in [-0.25, -0.2) is 8.42 Å². The van der Waals surface area contributed by atoms with Gasteiger partial charge in [-0.15, -0.1) is 0 Å². The lowest BCUT2D eigenvalue weighted by Crippen LogP contribution is -2.24. The van der Waals surface area contributed by atoms with Crippen molar-refractivity contribution in [3.8, 4) is 5.75 Å². The van der Waals surface area contributed by atoms with E-state index in [2.05, 4.69) is 0 Å². The average Bonchev–Trinajstić information content (AvgIpc) is 2.33. The molecule has 0 aromatic heterocycles. The number of nitro groups is 1. The van der Waals surface area contributed by atoms with E-state index in [4.69, 9.17) is 15.4 Å². The smallest absolute Gasteiger partial charge is 0.273 e. The quantitative estimate of drug-likeness (QED) is 0.438. The lowest BCUT2D eigenvalue weighted by molar-refractivity contribution is -0.384. The van der Waals surface area contributed by atoms with Gasteiger partial charge in [-0.05, 0) is 12.0 Å². The fourth-order valence-corrected chi connectivity index (χ4v) is 3.06. The van der Waals surface area contributed by atoms with E-state index in [0.717, 1.165) is 0 Å². The summed E-state index contributed by atoms with van der Waals surface area (Å²) in [5, 5.41) is 10.6. The predicted octanol–water partition coefficient (Wildman–Crippen LogP) is 2.81. The first-order valence-corrected chi connectivity index (χ1v) is 8.46. The van der Waals surface area contributed by atoms with Crippen LogP contribution in [0, 0.1) is 22.0 Å². The van der Waals surface area contributed by atoms with Crippen molar-refractivity contribution in [2.75, 3.05) is 12.4 Å². The zero-order valence-corrected chi connectivity index (χ0v) is 12.7. The first kappa shape index (κ1) is 16.7. The Bertz CT molecular complexity index is 573. The Kier molecular flexibility index (Phi) is 5.76. The van der Waals surface area contributed by atoms with Crippen LogP contribution in [0.25, 0.3) is 0 Å². The molecule has 0 radical (unpaired) electrons. The number of halogens is 1. The van der Waals surface area contributed by atoms with Gasteiger partial charge in [-0.3, -0.25) is 10.1 Å². The van der Waals surface area contributed by atoms with Crippen LogP contribution in [0.2, 0.25) is 0 Å². The van der Waals surface area contributed by atoms with Gasteiger partial charge in [0.1, 0.15) is 5.75 Å². The molecule has 20 heavy (non-hydrogen) atoms. The molecule has 1 aromatic rings. The molecule has 0 aliphatic carbocycles. The van der Waals surface area contributed by atoms with Crippen molar-refractivity contribution in [2.24, 2.45) is 11.8 Å². The molecule has 1 rings (SSSR count). The Morgan fingerprint density at radius 1 is 1.40 bits per heavy atom. The molecule has 0 N–H and O–H groups in total. The monoisotopic (exact) mass is 321 g/mol. The minimum atomic E-state index is -3.61. The van der Waals surface area contributed by atoms with Crippen LogP contribution in [0.5, 0.6) is 5.75 Å². The molecule has 0 aliphatic rings. The lowest BCUT2D eigenvalue weighted by atomic mass is 9.99. The minimum Gasteiger partial charge on any atom is -0.493 e. The van der Waals surface area contributed by atoms with E-state index in [1.54, 1.807) is 6.07 Å². The second kappa shape index (κ2) is 6.90. The van der Waals surface area contributed by atoms with Crippen molar-refractivity contribution in [3.63, 3.8) is 0 Å². The summed E-state index contributed by atoms with van der Waals surface area (Å²) in [7, 11) is 1.64. The zero-order valence-electron chi connectivity index (χ0n) is 11.2. The van der Waals surface area contributed by atoms with E-state index in [1.165, 1.54) is 18.2 Å². The highest BCUT2D eigenvalue weighted by atomic mass is 35.7. The maximum atomic E-state index is 11.1. The number of rotatable bonds is 7. The highest BCUT2D eigenvalue weighted by Crippen LogP contribution is 2.22. The third-order valence-electron chi connectivity index (χ3n) is 2.85. The third-order valence-corrected chi connectivity index (χ3v) is 4.05. The summed E-state index contributed by atoms with van der Waals surface area (Å²) < 4.78 is 27.7. The molecule has 1 aromatic carbocycles. The summed E-state index contributed by atoms with van der Waals surface area (Å²) in [4.78, 5) is 10.1. The molecule has 1 unspecified atom stereocenters. The second-order valence-corrected chi connectivity index (χ2v) is 7.60. The van der Waals surface area contributed by atoms with E-state index in [9.17, 15) is 18.5 Å². The van der Waals surface area contributed by atoms with Gasteiger partial charge in [0.15, 0.2) is 0 Å². The molecular weight excluding hydrogens is 306 g/mol. The molecule has 0 heterocycles. The molecule has 0 spiro atoms. The number of ether oxygens (including phenoxy) is 1. The summed E-state index contributed by atoms with van der Waals surface area (Å²) in [5.74, 6) is -0.0861. The standard InChI is InChI=1S/C12H16ClNO5S/c1-9(2)10(8-20(13,17)18)7-19-12-5-3-4-11(6-12)14(15)16/h3-6,9-10H,7-8H2,1-2H3. The number of benzene rings is 1. The predicted molar refractivity (Wildman–Crippen MR) is 76.6 cm³/mol. The Labute approximate surface area is 122 Å². The lowest BCUT2D eigenvalue weighted by Gasteiger charge is -2.19. The van der Waals surface area contributed by atoms with Gasteiger partial charge in [-0.1, -0.05) is 19.9 Å². The zero-order chi connectivity index (χ0) is 15.3. The van der Waals surface area contributed by atoms with Crippen LogP contribution in [0.15, 0.2) is 24.3 Å². The number of nitro benzene ring substituents is 1. The van der Waals surface area contributed by atoms with Crippen LogP contribution in [0.4, 0.5) is 5.69 Å². The molecule has 0 saturated carbocycles. The number of nitrogens with zero attached hydrogens (tertiary/aromatic N) is 1. The summed E-state index contributed by atoms with van der Waals surface area (Å²) in [6.45, 7) is 3.86. The topological polar surface area (TPSA) is 86.5 Å². The molecule has 0 fully saturated rings. The summed E-state index contributed by atoms with van der Waals surface area (Å²) in [5.41, 5.74) is -0.0754. The maximum Gasteiger partial charge on any atom is 0.273 e. The van der Waals surface area contributed by atoms with Gasteiger partial charge < -0.3 is 4.74 Å². The van der Waals surface area contributed by atoms with Gasteiger partial charge in [0.05, 0.1) is 23.3 Å². The molecule has 0 amide bonds. The fourth-order valence-electron chi connectivity index (χ4n) is 1.58. The van der Waals surface area contributed by atoms with Crippen LogP contribution >= 0.6 is 10.7 Å². The number of hydrogen-bond acceptors (Lipinski definition) is 5. The van der Waals surface area contributed by atoms with E-state index >= 15 is 0 Å². The van der Waals surface area contributed by atoms with Gasteiger partial charge in [0.2, 0.25) is 9.05 Å². The largest absolute Gasteiger partial charge is 0.493 e. The Balaban J connectivity index is 2.73. The van der Waals surface area contributed by atoms with Crippen molar-refractivity contribution in [3.05, 3.63) is 34.4 Å². The van der Waals surface area contributed by atoms with Crippen LogP contribution in [0.3, 0.4) is 0 Å². The third kappa shape index (κ3) is 5.75. The normalized spacial score (nSPS) is 13.2. The SMILES string of the molecule is CC(C)C(COc1cccc([N+](=O)[O-])c1)CS(=O)(=O)Cl. The highest BCUT2D eigenvalue weighted by Gasteiger charge is 2.21. The van der Waals surface area contributed by atoms with E-state index in [-0.39, 0.29) is 29.9 Å². The van der Waals surface area contributed by atoms with Crippen LogP contribution in [-0.4, -0.2) is 25.7 Å². The van der Waals surface area contributed by atoms with Crippen LogP contribution < -0.4 is 4.74 Å². The van der Waals surface area contributed by atoms with Crippen molar-refractivity contribution >= 4 is 25.4 Å². The Morgan fingerprint density at radius 3 is 2.55 bits per heavy atom. The first-order valence-electron chi connectivity index (χ1n) is 5.98. The molecule has 0 bridgehead atoms.